The summed E-state index contributed by atoms with van der Waals surface area (Å²) in [6, 6.07) is 16.6. The van der Waals surface area contributed by atoms with Gasteiger partial charge in [-0.3, -0.25) is 14.5 Å². The van der Waals surface area contributed by atoms with Gasteiger partial charge in [0.1, 0.15) is 5.75 Å². The van der Waals surface area contributed by atoms with Crippen molar-refractivity contribution in [1.82, 2.24) is 9.62 Å². The van der Waals surface area contributed by atoms with Gasteiger partial charge in [-0.2, -0.15) is 0 Å². The van der Waals surface area contributed by atoms with Gasteiger partial charge < -0.3 is 9.64 Å². The van der Waals surface area contributed by atoms with Crippen LogP contribution in [0.25, 0.3) is 0 Å². The summed E-state index contributed by atoms with van der Waals surface area (Å²) in [5, 5.41) is 0. The van der Waals surface area contributed by atoms with Gasteiger partial charge in [-0.25, -0.2) is 0 Å². The fourth-order valence-corrected chi connectivity index (χ4v) is 6.23. The SMILES string of the molecule is CCC(CC1CCC1)=NCCC1(c2ccccc2)CCN(C(=O)c2ccc(OC)c(SNC)c2)CC1. The molecule has 5 nitrogen and oxygen atoms in total. The molecule has 36 heavy (non-hydrogen) atoms. The van der Waals surface area contributed by atoms with Crippen LogP contribution in [-0.4, -0.2) is 50.3 Å². The Morgan fingerprint density at radius 3 is 2.53 bits per heavy atom. The molecule has 0 radical (unpaired) electrons. The second-order valence-electron chi connectivity index (χ2n) is 10.2. The van der Waals surface area contributed by atoms with Crippen molar-refractivity contribution in [3.8, 4) is 5.75 Å². The molecule has 1 saturated carbocycles. The van der Waals surface area contributed by atoms with Crippen LogP contribution in [0.3, 0.4) is 0 Å². The molecule has 2 aromatic carbocycles. The zero-order valence-corrected chi connectivity index (χ0v) is 22.9. The van der Waals surface area contributed by atoms with E-state index in [0.717, 1.165) is 61.9 Å². The molecule has 0 spiro atoms. The Labute approximate surface area is 221 Å². The van der Waals surface area contributed by atoms with Gasteiger partial charge in [0.05, 0.1) is 12.0 Å². The third kappa shape index (κ3) is 6.33. The number of benzene rings is 2. The predicted molar refractivity (Wildman–Crippen MR) is 150 cm³/mol. The Hall–Kier alpha value is -2.31. The molecule has 2 aromatic rings. The maximum absolute atomic E-state index is 13.4. The van der Waals surface area contributed by atoms with Crippen molar-refractivity contribution in [3.63, 3.8) is 0 Å². The van der Waals surface area contributed by atoms with Crippen molar-refractivity contribution < 1.29 is 9.53 Å². The fourth-order valence-electron chi connectivity index (χ4n) is 5.57. The predicted octanol–water partition coefficient (Wildman–Crippen LogP) is 6.53. The smallest absolute Gasteiger partial charge is 0.253 e. The standard InChI is InChI=1S/C30H41N3O2S/c1-4-26(21-23-9-8-10-23)32-18-15-30(25-11-6-5-7-12-25)16-19-33(20-17-30)29(34)24-13-14-27(35-3)28(22-24)36-31-2/h5-7,11-14,22-23,31H,4,8-10,15-21H2,1-3H3. The summed E-state index contributed by atoms with van der Waals surface area (Å²) in [4.78, 5) is 21.5. The van der Waals surface area contributed by atoms with E-state index in [2.05, 4.69) is 42.0 Å². The Bertz CT molecular complexity index is 1030. The number of ether oxygens (including phenoxy) is 1. The zero-order chi connectivity index (χ0) is 25.4. The molecule has 1 saturated heterocycles. The molecule has 1 heterocycles. The van der Waals surface area contributed by atoms with E-state index in [-0.39, 0.29) is 11.3 Å². The average molecular weight is 508 g/mol. The topological polar surface area (TPSA) is 53.9 Å². The van der Waals surface area contributed by atoms with Crippen LogP contribution in [0.5, 0.6) is 5.75 Å². The van der Waals surface area contributed by atoms with E-state index in [0.29, 0.717) is 5.56 Å². The number of nitrogens with one attached hydrogen (secondary N) is 1. The Kier molecular flexibility index (Phi) is 9.49. The van der Waals surface area contributed by atoms with E-state index in [1.54, 1.807) is 7.11 Å². The highest BCUT2D eigenvalue weighted by molar-refractivity contribution is 7.97. The number of aliphatic imine (C=N–C) groups is 1. The summed E-state index contributed by atoms with van der Waals surface area (Å²) < 4.78 is 8.53. The second kappa shape index (κ2) is 12.8. The van der Waals surface area contributed by atoms with Gasteiger partial charge in [0.25, 0.3) is 5.91 Å². The lowest BCUT2D eigenvalue weighted by molar-refractivity contribution is 0.0660. The van der Waals surface area contributed by atoms with Crippen molar-refractivity contribution in [1.29, 1.82) is 0 Å². The number of likely N-dealkylation sites (tertiary alicyclic amines) is 1. The Morgan fingerprint density at radius 2 is 1.92 bits per heavy atom. The average Bonchev–Trinajstić information content (AvgIpc) is 2.90. The highest BCUT2D eigenvalue weighted by Crippen LogP contribution is 2.39. The summed E-state index contributed by atoms with van der Waals surface area (Å²) in [6.45, 7) is 4.65. The first-order valence-corrected chi connectivity index (χ1v) is 14.3. The molecule has 1 amide bonds. The summed E-state index contributed by atoms with van der Waals surface area (Å²) in [5.74, 6) is 1.74. The molecule has 0 bridgehead atoms. The van der Waals surface area contributed by atoms with Crippen LogP contribution in [0.15, 0.2) is 58.4 Å². The monoisotopic (exact) mass is 507 g/mol. The normalized spacial score (nSPS) is 18.1. The molecule has 2 aliphatic rings. The highest BCUT2D eigenvalue weighted by Gasteiger charge is 2.37. The van der Waals surface area contributed by atoms with E-state index < -0.39 is 0 Å². The van der Waals surface area contributed by atoms with Gasteiger partial charge in [0, 0.05) is 36.3 Å². The van der Waals surface area contributed by atoms with Gasteiger partial charge >= 0.3 is 0 Å². The first kappa shape index (κ1) is 26.7. The van der Waals surface area contributed by atoms with E-state index in [1.807, 2.05) is 30.1 Å². The number of hydrogen-bond acceptors (Lipinski definition) is 5. The number of carbonyl (C=O) groups is 1. The number of carbonyl (C=O) groups excluding carboxylic acids is 1. The number of amides is 1. The summed E-state index contributed by atoms with van der Waals surface area (Å²) >= 11 is 1.47. The second-order valence-corrected chi connectivity index (χ2v) is 11.2. The van der Waals surface area contributed by atoms with E-state index in [9.17, 15) is 4.79 Å². The molecule has 1 aliphatic carbocycles. The Balaban J connectivity index is 1.45. The molecule has 4 rings (SSSR count). The van der Waals surface area contributed by atoms with Crippen molar-refractivity contribution in [2.24, 2.45) is 10.9 Å². The van der Waals surface area contributed by atoms with Gasteiger partial charge in [0.15, 0.2) is 0 Å². The van der Waals surface area contributed by atoms with Crippen LogP contribution < -0.4 is 9.46 Å². The van der Waals surface area contributed by atoms with Crippen molar-refractivity contribution >= 4 is 23.6 Å². The maximum Gasteiger partial charge on any atom is 0.253 e. The van der Waals surface area contributed by atoms with Crippen LogP contribution in [0.4, 0.5) is 0 Å². The molecule has 2 fully saturated rings. The summed E-state index contributed by atoms with van der Waals surface area (Å²) in [7, 11) is 3.53. The molecule has 6 heteroatoms. The summed E-state index contributed by atoms with van der Waals surface area (Å²) in [5.41, 5.74) is 3.57. The molecule has 0 atom stereocenters. The van der Waals surface area contributed by atoms with Crippen molar-refractivity contribution in [2.75, 3.05) is 33.8 Å². The minimum absolute atomic E-state index is 0.0733. The number of methoxy groups -OCH3 is 1. The molecule has 1 aliphatic heterocycles. The largest absolute Gasteiger partial charge is 0.496 e. The lowest BCUT2D eigenvalue weighted by Crippen LogP contribution is -2.45. The quantitative estimate of drug-likeness (QED) is 0.278. The van der Waals surface area contributed by atoms with Crippen LogP contribution in [0.1, 0.15) is 74.2 Å². The minimum atomic E-state index is 0.0733. The van der Waals surface area contributed by atoms with Gasteiger partial charge in [-0.1, -0.05) is 56.5 Å². The minimum Gasteiger partial charge on any atom is -0.496 e. The van der Waals surface area contributed by atoms with Crippen molar-refractivity contribution in [2.45, 2.75) is 68.6 Å². The molecule has 1 N–H and O–H groups in total. The molecule has 194 valence electrons. The number of nitrogens with zero attached hydrogens (tertiary/aromatic N) is 2. The van der Waals surface area contributed by atoms with E-state index in [4.69, 9.17) is 9.73 Å². The van der Waals surface area contributed by atoms with Gasteiger partial charge in [-0.05, 0) is 80.8 Å². The van der Waals surface area contributed by atoms with Crippen LogP contribution in [-0.2, 0) is 5.41 Å². The Morgan fingerprint density at radius 1 is 1.17 bits per heavy atom. The molecule has 0 unspecified atom stereocenters. The maximum atomic E-state index is 13.4. The van der Waals surface area contributed by atoms with Crippen LogP contribution >= 0.6 is 11.9 Å². The van der Waals surface area contributed by atoms with Gasteiger partial charge in [-0.15, -0.1) is 0 Å². The number of rotatable bonds is 11. The third-order valence-electron chi connectivity index (χ3n) is 8.10. The van der Waals surface area contributed by atoms with Crippen molar-refractivity contribution in [3.05, 3.63) is 59.7 Å². The number of hydrogen-bond donors (Lipinski definition) is 1. The van der Waals surface area contributed by atoms with Crippen LogP contribution in [0.2, 0.25) is 0 Å². The highest BCUT2D eigenvalue weighted by atomic mass is 32.2. The summed E-state index contributed by atoms with van der Waals surface area (Å²) in [6.07, 6.45) is 9.37. The van der Waals surface area contributed by atoms with E-state index >= 15 is 0 Å². The molecular weight excluding hydrogens is 466 g/mol. The lowest BCUT2D eigenvalue weighted by Gasteiger charge is -2.42. The van der Waals surface area contributed by atoms with Gasteiger partial charge in [0.2, 0.25) is 0 Å². The van der Waals surface area contributed by atoms with E-state index in [1.165, 1.54) is 48.9 Å². The first-order chi connectivity index (χ1) is 17.6. The molecular formula is C30H41N3O2S. The number of piperidine rings is 1. The first-order valence-electron chi connectivity index (χ1n) is 13.5. The lowest BCUT2D eigenvalue weighted by atomic mass is 9.70. The molecule has 0 aromatic heterocycles. The zero-order valence-electron chi connectivity index (χ0n) is 22.1. The fraction of sp³-hybridized carbons (Fsp3) is 0.533. The van der Waals surface area contributed by atoms with Crippen LogP contribution in [0, 0.1) is 5.92 Å². The third-order valence-corrected chi connectivity index (χ3v) is 8.84.